The molecular weight excluding hydrogens is 1210 g/mol. The number of rotatable bonds is 44. The van der Waals surface area contributed by atoms with Crippen LogP contribution in [-0.2, 0) is 0 Å². The Kier molecular flexibility index (Phi) is 35.2. The fraction of sp³-hybridized carbons (Fsp3) is 0.500. The molecule has 4 heteroatoms. The van der Waals surface area contributed by atoms with Crippen molar-refractivity contribution in [3.8, 4) is 47.4 Å². The van der Waals surface area contributed by atoms with Crippen molar-refractivity contribution in [2.24, 2.45) is 0 Å². The van der Waals surface area contributed by atoms with Crippen LogP contribution in [0.1, 0.15) is 305 Å². The summed E-state index contributed by atoms with van der Waals surface area (Å²) in [4.78, 5) is 10.5. The molecule has 0 saturated carbocycles. The molecule has 0 aliphatic carbocycles. The molecular formula is C96H126N4. The topological polar surface area (TPSA) is 13.0 Å². The molecule has 0 N–H and O–H groups in total. The monoisotopic (exact) mass is 1330 g/mol. The van der Waals surface area contributed by atoms with Crippen LogP contribution in [0.3, 0.4) is 0 Å². The van der Waals surface area contributed by atoms with Crippen LogP contribution < -0.4 is 19.6 Å². The minimum absolute atomic E-state index is 0.972. The smallest absolute Gasteiger partial charge is 0.0367 e. The SMILES string of the molecule is CCCCCCN(CCCCCC)c1ccc(C#Cc2cc(C#Cc3ccc(N(CCCCCC)CCCCCC)cc3)c3ccc4c(C#Cc5ccc(N(CCCCCC)CCCCCC)cc5)cc(C#Cc5ccc(N(CCCCCC)CCCCCC)cc5)c5ccc2c3c54)cc1. The fourth-order valence-corrected chi connectivity index (χ4v) is 14.3. The number of unbranched alkanes of at least 4 members (excludes halogenated alkanes) is 24. The Bertz CT molecular complexity index is 3330. The number of benzene rings is 8. The second kappa shape index (κ2) is 45.2. The molecule has 0 atom stereocenters. The van der Waals surface area contributed by atoms with Crippen molar-refractivity contribution >= 4 is 55.1 Å². The Balaban J connectivity index is 1.26. The van der Waals surface area contributed by atoms with Gasteiger partial charge in [0.05, 0.1) is 0 Å². The van der Waals surface area contributed by atoms with E-state index in [1.165, 1.54) is 228 Å². The summed E-state index contributed by atoms with van der Waals surface area (Å²) in [5.41, 5.74) is 13.1. The highest BCUT2D eigenvalue weighted by Crippen LogP contribution is 2.41. The summed E-state index contributed by atoms with van der Waals surface area (Å²) in [6, 6.07) is 50.1. The maximum atomic E-state index is 3.78. The third kappa shape index (κ3) is 24.8. The predicted octanol–water partition coefficient (Wildman–Crippen LogP) is 26.1. The molecule has 0 heterocycles. The first-order chi connectivity index (χ1) is 49.3. The molecule has 100 heavy (non-hydrogen) atoms. The van der Waals surface area contributed by atoms with Crippen molar-refractivity contribution in [1.82, 2.24) is 0 Å². The maximum Gasteiger partial charge on any atom is 0.0367 e. The highest BCUT2D eigenvalue weighted by molar-refractivity contribution is 6.27. The molecule has 4 nitrogen and oxygen atoms in total. The first-order valence-electron chi connectivity index (χ1n) is 40.6. The van der Waals surface area contributed by atoms with Gasteiger partial charge in [-0.3, -0.25) is 0 Å². The summed E-state index contributed by atoms with van der Waals surface area (Å²) >= 11 is 0. The Morgan fingerprint density at radius 3 is 0.520 bits per heavy atom. The van der Waals surface area contributed by atoms with Crippen LogP contribution in [0.5, 0.6) is 0 Å². The van der Waals surface area contributed by atoms with Crippen molar-refractivity contribution in [1.29, 1.82) is 0 Å². The maximum absolute atomic E-state index is 3.78. The van der Waals surface area contributed by atoms with Gasteiger partial charge in [-0.1, -0.05) is 281 Å². The van der Waals surface area contributed by atoms with Crippen molar-refractivity contribution in [2.75, 3.05) is 72.0 Å². The average molecular weight is 1340 g/mol. The summed E-state index contributed by atoms with van der Waals surface area (Å²) in [6.07, 6.45) is 40.4. The van der Waals surface area contributed by atoms with Crippen LogP contribution >= 0.6 is 0 Å². The molecule has 8 rings (SSSR count). The van der Waals surface area contributed by atoms with E-state index in [1.807, 2.05) is 0 Å². The van der Waals surface area contributed by atoms with Gasteiger partial charge >= 0.3 is 0 Å². The molecule has 0 aromatic heterocycles. The Morgan fingerprint density at radius 2 is 0.360 bits per heavy atom. The second-order valence-electron chi connectivity index (χ2n) is 28.6. The molecule has 0 fully saturated rings. The van der Waals surface area contributed by atoms with E-state index in [2.05, 4.69) is 256 Å². The third-order valence-corrected chi connectivity index (χ3v) is 20.4. The Hall–Kier alpha value is -7.76. The molecule has 0 spiro atoms. The van der Waals surface area contributed by atoms with E-state index >= 15 is 0 Å². The van der Waals surface area contributed by atoms with Crippen molar-refractivity contribution in [3.05, 3.63) is 178 Å². The quantitative estimate of drug-likeness (QED) is 0.0214. The van der Waals surface area contributed by atoms with Gasteiger partial charge in [0.15, 0.2) is 0 Å². The van der Waals surface area contributed by atoms with Gasteiger partial charge in [-0.15, -0.1) is 0 Å². The number of hydrogen-bond donors (Lipinski definition) is 0. The zero-order valence-electron chi connectivity index (χ0n) is 63.8. The lowest BCUT2D eigenvalue weighted by atomic mass is 9.86. The predicted molar refractivity (Wildman–Crippen MR) is 442 cm³/mol. The normalized spacial score (nSPS) is 11.1. The van der Waals surface area contributed by atoms with Gasteiger partial charge in [0, 0.05) is 120 Å². The molecule has 0 unspecified atom stereocenters. The number of anilines is 4. The zero-order chi connectivity index (χ0) is 70.2. The zero-order valence-corrected chi connectivity index (χ0v) is 63.8. The van der Waals surface area contributed by atoms with Crippen LogP contribution in [0.25, 0.3) is 32.3 Å². The largest absolute Gasteiger partial charge is 0.372 e. The first kappa shape index (κ1) is 78.0. The molecule has 8 aromatic rings. The Morgan fingerprint density at radius 1 is 0.190 bits per heavy atom. The highest BCUT2D eigenvalue weighted by Gasteiger charge is 2.19. The summed E-state index contributed by atoms with van der Waals surface area (Å²) < 4.78 is 0. The van der Waals surface area contributed by atoms with Crippen LogP contribution in [0.2, 0.25) is 0 Å². The van der Waals surface area contributed by atoms with Crippen molar-refractivity contribution in [3.63, 3.8) is 0 Å². The van der Waals surface area contributed by atoms with E-state index in [1.54, 1.807) is 0 Å². The minimum Gasteiger partial charge on any atom is -0.372 e. The van der Waals surface area contributed by atoms with Crippen LogP contribution in [0.15, 0.2) is 133 Å². The van der Waals surface area contributed by atoms with Gasteiger partial charge in [-0.05, 0) is 193 Å². The van der Waals surface area contributed by atoms with Crippen molar-refractivity contribution in [2.45, 2.75) is 261 Å². The van der Waals surface area contributed by atoms with Gasteiger partial charge < -0.3 is 19.6 Å². The van der Waals surface area contributed by atoms with Gasteiger partial charge in [0.1, 0.15) is 0 Å². The van der Waals surface area contributed by atoms with E-state index in [0.717, 1.165) is 129 Å². The fourth-order valence-electron chi connectivity index (χ4n) is 14.3. The van der Waals surface area contributed by atoms with Crippen LogP contribution in [0, 0.1) is 47.4 Å². The standard InChI is InChI=1S/C96H126N4/c1-9-17-25-33-69-97(70-34-26-18-10-2)87-57-45-79(46-58-87)41-53-83-77-84(54-42-80-47-59-88(60-48-80)98(71-35-27-19-11-3)72-36-28-20-12-4)92-67-68-94-86(56-44-82-51-63-90(64-52-82)100(75-39-31-23-15-7)76-40-32-24-16-8)78-85(93-66-65-91(83)95(92)96(93)94)55-43-81-49-61-89(62-50-81)99(73-37-29-21-13-5)74-38-30-22-14-6/h45-52,57-68,77-78H,9-40,69-76H2,1-8H3. The molecule has 0 aliphatic rings. The lowest BCUT2D eigenvalue weighted by molar-refractivity contribution is 0.609. The highest BCUT2D eigenvalue weighted by atomic mass is 15.1. The van der Waals surface area contributed by atoms with E-state index in [9.17, 15) is 0 Å². The molecule has 0 bridgehead atoms. The van der Waals surface area contributed by atoms with Gasteiger partial charge in [-0.25, -0.2) is 0 Å². The second-order valence-corrected chi connectivity index (χ2v) is 28.6. The number of nitrogens with zero attached hydrogens (tertiary/aromatic N) is 4. The molecule has 0 radical (unpaired) electrons. The third-order valence-electron chi connectivity index (χ3n) is 20.4. The molecule has 0 aliphatic heterocycles. The van der Waals surface area contributed by atoms with E-state index in [-0.39, 0.29) is 0 Å². The summed E-state index contributed by atoms with van der Waals surface area (Å²) in [5.74, 6) is 29.9. The van der Waals surface area contributed by atoms with Gasteiger partial charge in [0.2, 0.25) is 0 Å². The van der Waals surface area contributed by atoms with Crippen molar-refractivity contribution < 1.29 is 0 Å². The summed E-state index contributed by atoms with van der Waals surface area (Å²) in [6.45, 7) is 27.2. The van der Waals surface area contributed by atoms with Gasteiger partial charge in [0.25, 0.3) is 0 Å². The Labute approximate surface area is 609 Å². The van der Waals surface area contributed by atoms with E-state index < -0.39 is 0 Å². The first-order valence-corrected chi connectivity index (χ1v) is 40.6. The minimum atomic E-state index is 0.972. The van der Waals surface area contributed by atoms with E-state index in [4.69, 9.17) is 0 Å². The van der Waals surface area contributed by atoms with Crippen LogP contribution in [0.4, 0.5) is 22.7 Å². The molecule has 0 saturated heterocycles. The number of hydrogen-bond acceptors (Lipinski definition) is 4. The molecule has 0 amide bonds. The summed E-state index contributed by atoms with van der Waals surface area (Å²) in [5, 5.41) is 6.80. The lowest BCUT2D eigenvalue weighted by Crippen LogP contribution is -2.25. The van der Waals surface area contributed by atoms with Crippen LogP contribution in [-0.4, -0.2) is 52.4 Å². The average Bonchev–Trinajstić information content (AvgIpc) is 0.720. The van der Waals surface area contributed by atoms with Gasteiger partial charge in [-0.2, -0.15) is 0 Å². The lowest BCUT2D eigenvalue weighted by Gasteiger charge is -2.25. The molecule has 530 valence electrons. The molecule has 8 aromatic carbocycles. The van der Waals surface area contributed by atoms with E-state index in [0.29, 0.717) is 0 Å². The summed E-state index contributed by atoms with van der Waals surface area (Å²) in [7, 11) is 0.